The number of esters is 1. The van der Waals surface area contributed by atoms with Gasteiger partial charge in [-0.15, -0.1) is 11.8 Å². The summed E-state index contributed by atoms with van der Waals surface area (Å²) in [5, 5.41) is 2.75. The van der Waals surface area contributed by atoms with Crippen LogP contribution in [0.5, 0.6) is 0 Å². The molecule has 0 saturated heterocycles. The normalized spacial score (nSPS) is 10.9. The number of thioether (sulfide) groups is 1. The Kier molecular flexibility index (Phi) is 7.94. The van der Waals surface area contributed by atoms with Crippen molar-refractivity contribution in [2.45, 2.75) is 32.6 Å². The largest absolute Gasteiger partial charge is 0.454 e. The molecule has 0 saturated carbocycles. The van der Waals surface area contributed by atoms with Gasteiger partial charge < -0.3 is 10.1 Å². The average molecular weight is 428 g/mol. The minimum atomic E-state index is -0.601. The number of ketones is 2. The van der Waals surface area contributed by atoms with Gasteiger partial charge in [-0.2, -0.15) is 0 Å². The van der Waals surface area contributed by atoms with E-state index in [1.165, 1.54) is 18.7 Å². The van der Waals surface area contributed by atoms with Crippen molar-refractivity contribution in [3.8, 4) is 0 Å². The van der Waals surface area contributed by atoms with Gasteiger partial charge in [0.2, 0.25) is 5.91 Å². The Morgan fingerprint density at radius 3 is 2.20 bits per heavy atom. The molecule has 30 heavy (non-hydrogen) atoms. The number of carbonyl (C=O) groups is 4. The standard InChI is InChI=1S/C23H25NO5S/c1-15(25)16-9-11-17(12-10-16)24-21(27)14-30-19-8-6-5-7-18(19)22(28)29-13-20(26)23(2,3)4/h5-12H,13-14H2,1-4H3,(H,24,27). The molecule has 0 aliphatic rings. The molecule has 0 fully saturated rings. The zero-order valence-electron chi connectivity index (χ0n) is 17.5. The van der Waals surface area contributed by atoms with Gasteiger partial charge in [0.25, 0.3) is 0 Å². The molecule has 0 aliphatic heterocycles. The number of hydrogen-bond donors (Lipinski definition) is 1. The van der Waals surface area contributed by atoms with E-state index in [2.05, 4.69) is 5.32 Å². The summed E-state index contributed by atoms with van der Waals surface area (Å²) in [5.41, 5.74) is 0.872. The van der Waals surface area contributed by atoms with Crippen molar-refractivity contribution in [1.82, 2.24) is 0 Å². The molecule has 2 aromatic carbocycles. The highest BCUT2D eigenvalue weighted by atomic mass is 32.2. The number of amides is 1. The topological polar surface area (TPSA) is 89.5 Å². The first-order valence-corrected chi connectivity index (χ1v) is 10.4. The first-order valence-electron chi connectivity index (χ1n) is 9.41. The van der Waals surface area contributed by atoms with E-state index in [4.69, 9.17) is 4.74 Å². The molecule has 0 atom stereocenters. The van der Waals surface area contributed by atoms with E-state index in [0.717, 1.165) is 0 Å². The molecule has 0 aliphatic carbocycles. The van der Waals surface area contributed by atoms with Gasteiger partial charge in [-0.05, 0) is 43.3 Å². The van der Waals surface area contributed by atoms with Gasteiger partial charge >= 0.3 is 5.97 Å². The number of hydrogen-bond acceptors (Lipinski definition) is 6. The van der Waals surface area contributed by atoms with Crippen molar-refractivity contribution >= 4 is 40.9 Å². The van der Waals surface area contributed by atoms with E-state index in [1.54, 1.807) is 69.3 Å². The maximum absolute atomic E-state index is 12.4. The molecule has 2 aromatic rings. The summed E-state index contributed by atoms with van der Waals surface area (Å²) < 4.78 is 5.16. The fraction of sp³-hybridized carbons (Fsp3) is 0.304. The Labute approximate surface area is 180 Å². The number of carbonyl (C=O) groups excluding carboxylic acids is 4. The highest BCUT2D eigenvalue weighted by Crippen LogP contribution is 2.24. The number of nitrogens with one attached hydrogen (secondary N) is 1. The van der Waals surface area contributed by atoms with Crippen LogP contribution in [0, 0.1) is 5.41 Å². The lowest BCUT2D eigenvalue weighted by Crippen LogP contribution is -2.26. The van der Waals surface area contributed by atoms with E-state index in [0.29, 0.717) is 21.7 Å². The summed E-state index contributed by atoms with van der Waals surface area (Å²) in [6, 6.07) is 13.4. The van der Waals surface area contributed by atoms with Crippen molar-refractivity contribution in [3.63, 3.8) is 0 Å². The summed E-state index contributed by atoms with van der Waals surface area (Å²) in [4.78, 5) is 48.5. The number of ether oxygens (including phenoxy) is 1. The summed E-state index contributed by atoms with van der Waals surface area (Å²) in [5.74, 6) is -0.982. The summed E-state index contributed by atoms with van der Waals surface area (Å²) in [6.07, 6.45) is 0. The molecule has 6 nitrogen and oxygen atoms in total. The molecule has 0 unspecified atom stereocenters. The Hall–Kier alpha value is -2.93. The van der Waals surface area contributed by atoms with Crippen molar-refractivity contribution in [2.24, 2.45) is 5.41 Å². The highest BCUT2D eigenvalue weighted by molar-refractivity contribution is 8.00. The number of rotatable bonds is 8. The predicted octanol–water partition coefficient (Wildman–Crippen LogP) is 4.39. The van der Waals surface area contributed by atoms with E-state index in [1.807, 2.05) is 0 Å². The minimum absolute atomic E-state index is 0.0453. The Balaban J connectivity index is 1.95. The van der Waals surface area contributed by atoms with E-state index in [9.17, 15) is 19.2 Å². The van der Waals surface area contributed by atoms with Gasteiger partial charge in [0.05, 0.1) is 11.3 Å². The lowest BCUT2D eigenvalue weighted by molar-refractivity contribution is -0.129. The van der Waals surface area contributed by atoms with Gasteiger partial charge in [0.1, 0.15) is 0 Å². The molecule has 7 heteroatoms. The molecule has 0 spiro atoms. The fourth-order valence-corrected chi connectivity index (χ4v) is 3.16. The van der Waals surface area contributed by atoms with Gasteiger partial charge in [-0.1, -0.05) is 32.9 Å². The van der Waals surface area contributed by atoms with Crippen LogP contribution < -0.4 is 5.32 Å². The molecule has 1 N–H and O–H groups in total. The summed E-state index contributed by atoms with van der Waals surface area (Å²) in [7, 11) is 0. The third-order valence-electron chi connectivity index (χ3n) is 4.21. The molecular formula is C23H25NO5S. The average Bonchev–Trinajstić information content (AvgIpc) is 2.70. The van der Waals surface area contributed by atoms with Crippen LogP contribution in [0.2, 0.25) is 0 Å². The first-order chi connectivity index (χ1) is 14.1. The molecule has 0 aromatic heterocycles. The molecule has 1 amide bonds. The molecular weight excluding hydrogens is 402 g/mol. The molecule has 0 bridgehead atoms. The van der Waals surface area contributed by atoms with E-state index >= 15 is 0 Å². The second-order valence-electron chi connectivity index (χ2n) is 7.72. The number of benzene rings is 2. The van der Waals surface area contributed by atoms with E-state index in [-0.39, 0.29) is 29.8 Å². The second-order valence-corrected chi connectivity index (χ2v) is 8.73. The Morgan fingerprint density at radius 2 is 1.60 bits per heavy atom. The van der Waals surface area contributed by atoms with Crippen LogP contribution in [0.15, 0.2) is 53.4 Å². The highest BCUT2D eigenvalue weighted by Gasteiger charge is 2.23. The minimum Gasteiger partial charge on any atom is -0.454 e. The van der Waals surface area contributed by atoms with Gasteiger partial charge in [0, 0.05) is 21.6 Å². The Morgan fingerprint density at radius 1 is 0.967 bits per heavy atom. The summed E-state index contributed by atoms with van der Waals surface area (Å²) >= 11 is 1.20. The van der Waals surface area contributed by atoms with Crippen LogP contribution in [-0.2, 0) is 14.3 Å². The van der Waals surface area contributed by atoms with Gasteiger partial charge in [-0.25, -0.2) is 4.79 Å². The van der Waals surface area contributed by atoms with E-state index < -0.39 is 11.4 Å². The zero-order valence-corrected chi connectivity index (χ0v) is 18.3. The van der Waals surface area contributed by atoms with Crippen molar-refractivity contribution in [3.05, 3.63) is 59.7 Å². The van der Waals surface area contributed by atoms with Crippen LogP contribution in [0.25, 0.3) is 0 Å². The third-order valence-corrected chi connectivity index (χ3v) is 5.29. The molecule has 158 valence electrons. The predicted molar refractivity (Wildman–Crippen MR) is 117 cm³/mol. The fourth-order valence-electron chi connectivity index (χ4n) is 2.32. The quantitative estimate of drug-likeness (QED) is 0.382. The molecule has 2 rings (SSSR count). The molecule has 0 radical (unpaired) electrons. The second kappa shape index (κ2) is 10.2. The van der Waals surface area contributed by atoms with Crippen molar-refractivity contribution in [1.29, 1.82) is 0 Å². The van der Waals surface area contributed by atoms with Crippen LogP contribution >= 0.6 is 11.8 Å². The maximum Gasteiger partial charge on any atom is 0.339 e. The summed E-state index contributed by atoms with van der Waals surface area (Å²) in [6.45, 7) is 6.47. The van der Waals surface area contributed by atoms with Gasteiger partial charge in [0.15, 0.2) is 18.2 Å². The smallest absolute Gasteiger partial charge is 0.339 e. The zero-order chi connectivity index (χ0) is 22.3. The first kappa shape index (κ1) is 23.3. The Bertz CT molecular complexity index is 945. The van der Waals surface area contributed by atoms with Gasteiger partial charge in [-0.3, -0.25) is 14.4 Å². The van der Waals surface area contributed by atoms with Crippen LogP contribution in [0.4, 0.5) is 5.69 Å². The molecule has 0 heterocycles. The third kappa shape index (κ3) is 6.84. The van der Waals surface area contributed by atoms with Crippen molar-refractivity contribution in [2.75, 3.05) is 17.7 Å². The monoisotopic (exact) mass is 427 g/mol. The van der Waals surface area contributed by atoms with Crippen LogP contribution in [0.3, 0.4) is 0 Å². The maximum atomic E-state index is 12.4. The lowest BCUT2D eigenvalue weighted by Gasteiger charge is -2.16. The van der Waals surface area contributed by atoms with Crippen LogP contribution in [0.1, 0.15) is 48.4 Å². The van der Waals surface area contributed by atoms with Crippen LogP contribution in [-0.4, -0.2) is 35.8 Å². The number of anilines is 1. The lowest BCUT2D eigenvalue weighted by atomic mass is 9.91. The number of Topliss-reactive ketones (excluding diaryl/α,β-unsaturated/α-hetero) is 2. The SMILES string of the molecule is CC(=O)c1ccc(NC(=O)CSc2ccccc2C(=O)OCC(=O)C(C)(C)C)cc1. The van der Waals surface area contributed by atoms with Crippen molar-refractivity contribution < 1.29 is 23.9 Å².